The van der Waals surface area contributed by atoms with Crippen LogP contribution in [0.15, 0.2) is 36.4 Å². The van der Waals surface area contributed by atoms with Gasteiger partial charge in [-0.25, -0.2) is 8.42 Å². The van der Waals surface area contributed by atoms with Crippen molar-refractivity contribution in [1.82, 2.24) is 5.32 Å². The van der Waals surface area contributed by atoms with E-state index in [2.05, 4.69) is 30.4 Å². The van der Waals surface area contributed by atoms with Crippen LogP contribution in [0, 0.1) is 20.8 Å². The van der Waals surface area contributed by atoms with E-state index in [0.717, 1.165) is 17.5 Å². The van der Waals surface area contributed by atoms with E-state index in [1.54, 1.807) is 25.1 Å². The lowest BCUT2D eigenvalue weighted by atomic mass is 9.97. The molecule has 2 rings (SSSR count). The highest BCUT2D eigenvalue weighted by Gasteiger charge is 2.21. The van der Waals surface area contributed by atoms with Gasteiger partial charge in [-0.3, -0.25) is 9.10 Å². The molecular formula is C23H31ClN2O3S. The highest BCUT2D eigenvalue weighted by atomic mass is 35.5. The van der Waals surface area contributed by atoms with E-state index in [1.807, 2.05) is 13.8 Å². The molecule has 5 nitrogen and oxygen atoms in total. The Balaban J connectivity index is 2.04. The second-order valence-corrected chi connectivity index (χ2v) is 10.0. The number of hydrogen-bond acceptors (Lipinski definition) is 3. The number of rotatable bonds is 9. The van der Waals surface area contributed by atoms with E-state index < -0.39 is 10.0 Å². The van der Waals surface area contributed by atoms with Crippen molar-refractivity contribution in [3.05, 3.63) is 63.7 Å². The molecule has 0 aromatic heterocycles. The predicted octanol–water partition coefficient (Wildman–Crippen LogP) is 5.08. The van der Waals surface area contributed by atoms with E-state index >= 15 is 0 Å². The molecule has 0 aliphatic heterocycles. The Morgan fingerprint density at radius 1 is 1.17 bits per heavy atom. The second kappa shape index (κ2) is 10.3. The Kier molecular flexibility index (Phi) is 8.33. The van der Waals surface area contributed by atoms with Crippen LogP contribution >= 0.6 is 11.6 Å². The Labute approximate surface area is 185 Å². The third-order valence-corrected chi connectivity index (χ3v) is 6.81. The SMILES string of the molecule is CCC(NC(=O)CCCN(c1cccc(Cl)c1C)S(C)(=O)=O)c1ccc(C)cc1C. The lowest BCUT2D eigenvalue weighted by molar-refractivity contribution is -0.121. The second-order valence-electron chi connectivity index (χ2n) is 7.71. The van der Waals surface area contributed by atoms with Gasteiger partial charge in [0.2, 0.25) is 15.9 Å². The number of hydrogen-bond donors (Lipinski definition) is 1. The van der Waals surface area contributed by atoms with Crippen molar-refractivity contribution < 1.29 is 13.2 Å². The van der Waals surface area contributed by atoms with Crippen LogP contribution in [0.4, 0.5) is 5.69 Å². The number of carbonyl (C=O) groups is 1. The summed E-state index contributed by atoms with van der Waals surface area (Å²) in [6.07, 6.45) is 2.61. The van der Waals surface area contributed by atoms with E-state index in [-0.39, 0.29) is 24.9 Å². The summed E-state index contributed by atoms with van der Waals surface area (Å²) in [6, 6.07) is 11.4. The molecule has 0 saturated heterocycles. The first-order valence-electron chi connectivity index (χ1n) is 10.1. The van der Waals surface area contributed by atoms with Crippen molar-refractivity contribution in [2.24, 2.45) is 0 Å². The van der Waals surface area contributed by atoms with Gasteiger partial charge in [0, 0.05) is 18.0 Å². The molecule has 1 amide bonds. The summed E-state index contributed by atoms with van der Waals surface area (Å²) in [7, 11) is -3.49. The minimum atomic E-state index is -3.49. The summed E-state index contributed by atoms with van der Waals surface area (Å²) in [5, 5.41) is 3.60. The fraction of sp³-hybridized carbons (Fsp3) is 0.435. The maximum atomic E-state index is 12.6. The Hall–Kier alpha value is -2.05. The lowest BCUT2D eigenvalue weighted by Crippen LogP contribution is -2.33. The molecule has 0 spiro atoms. The van der Waals surface area contributed by atoms with Crippen molar-refractivity contribution >= 4 is 33.2 Å². The molecule has 7 heteroatoms. The van der Waals surface area contributed by atoms with Gasteiger partial charge in [0.15, 0.2) is 0 Å². The molecule has 0 radical (unpaired) electrons. The van der Waals surface area contributed by atoms with Crippen LogP contribution in [-0.4, -0.2) is 27.1 Å². The molecule has 0 aliphatic carbocycles. The average Bonchev–Trinajstić information content (AvgIpc) is 2.65. The number of sulfonamides is 1. The smallest absolute Gasteiger partial charge is 0.232 e. The molecule has 2 aromatic carbocycles. The zero-order chi connectivity index (χ0) is 22.5. The third-order valence-electron chi connectivity index (χ3n) is 5.22. The highest BCUT2D eigenvalue weighted by Crippen LogP contribution is 2.28. The van der Waals surface area contributed by atoms with Gasteiger partial charge in [-0.05, 0) is 62.4 Å². The fourth-order valence-electron chi connectivity index (χ4n) is 3.60. The van der Waals surface area contributed by atoms with E-state index in [1.165, 1.54) is 16.1 Å². The highest BCUT2D eigenvalue weighted by molar-refractivity contribution is 7.92. The normalized spacial score (nSPS) is 12.5. The van der Waals surface area contributed by atoms with Gasteiger partial charge in [0.25, 0.3) is 0 Å². The molecule has 0 fully saturated rings. The number of nitrogens with one attached hydrogen (secondary N) is 1. The number of aryl methyl sites for hydroxylation is 2. The number of halogens is 1. The predicted molar refractivity (Wildman–Crippen MR) is 125 cm³/mol. The van der Waals surface area contributed by atoms with Crippen LogP contribution in [0.5, 0.6) is 0 Å². The monoisotopic (exact) mass is 450 g/mol. The number of carbonyl (C=O) groups excluding carboxylic acids is 1. The number of benzene rings is 2. The summed E-state index contributed by atoms with van der Waals surface area (Å²) in [5.41, 5.74) is 4.71. The largest absolute Gasteiger partial charge is 0.349 e. The molecule has 1 N–H and O–H groups in total. The topological polar surface area (TPSA) is 66.5 Å². The maximum Gasteiger partial charge on any atom is 0.232 e. The summed E-state index contributed by atoms with van der Waals surface area (Å²) < 4.78 is 26.0. The van der Waals surface area contributed by atoms with E-state index in [4.69, 9.17) is 11.6 Å². The van der Waals surface area contributed by atoms with Gasteiger partial charge in [-0.2, -0.15) is 0 Å². The standard InChI is InChI=1S/C23H31ClN2O3S/c1-6-21(19-13-12-16(2)15-17(19)3)25-23(27)11-8-14-26(30(5,28)29)22-10-7-9-20(24)18(22)4/h7,9-10,12-13,15,21H,6,8,11,14H2,1-5H3,(H,25,27). The van der Waals surface area contributed by atoms with Gasteiger partial charge in [0.05, 0.1) is 18.0 Å². The molecular weight excluding hydrogens is 420 g/mol. The maximum absolute atomic E-state index is 12.6. The van der Waals surface area contributed by atoms with Gasteiger partial charge in [0.1, 0.15) is 0 Å². The molecule has 1 atom stereocenters. The van der Waals surface area contributed by atoms with Crippen molar-refractivity contribution in [1.29, 1.82) is 0 Å². The van der Waals surface area contributed by atoms with Crippen LogP contribution < -0.4 is 9.62 Å². The summed E-state index contributed by atoms with van der Waals surface area (Å²) >= 11 is 6.16. The zero-order valence-corrected chi connectivity index (χ0v) is 19.9. The van der Waals surface area contributed by atoms with Crippen LogP contribution in [0.3, 0.4) is 0 Å². The van der Waals surface area contributed by atoms with Crippen LogP contribution in [0.2, 0.25) is 5.02 Å². The fourth-order valence-corrected chi connectivity index (χ4v) is 4.78. The molecule has 0 aliphatic rings. The Bertz CT molecular complexity index is 1010. The lowest BCUT2D eigenvalue weighted by Gasteiger charge is -2.25. The van der Waals surface area contributed by atoms with Gasteiger partial charge in [-0.1, -0.05) is 48.4 Å². The minimum Gasteiger partial charge on any atom is -0.349 e. The van der Waals surface area contributed by atoms with Crippen LogP contribution in [0.25, 0.3) is 0 Å². The summed E-state index contributed by atoms with van der Waals surface area (Å²) in [5.74, 6) is -0.0851. The van der Waals surface area contributed by atoms with Crippen LogP contribution in [-0.2, 0) is 14.8 Å². The first-order chi connectivity index (χ1) is 14.0. The van der Waals surface area contributed by atoms with E-state index in [0.29, 0.717) is 22.7 Å². The quantitative estimate of drug-likeness (QED) is 0.579. The number of nitrogens with zero attached hydrogens (tertiary/aromatic N) is 1. The first-order valence-corrected chi connectivity index (χ1v) is 12.4. The number of anilines is 1. The molecule has 0 saturated carbocycles. The van der Waals surface area contributed by atoms with Gasteiger partial charge >= 0.3 is 0 Å². The Morgan fingerprint density at radius 3 is 2.47 bits per heavy atom. The molecule has 0 heterocycles. The molecule has 2 aromatic rings. The van der Waals surface area contributed by atoms with Crippen molar-refractivity contribution in [2.75, 3.05) is 17.1 Å². The third kappa shape index (κ3) is 6.22. The van der Waals surface area contributed by atoms with Crippen molar-refractivity contribution in [2.45, 2.75) is 53.0 Å². The first kappa shape index (κ1) is 24.2. The average molecular weight is 451 g/mol. The molecule has 1 unspecified atom stereocenters. The van der Waals surface area contributed by atoms with Crippen molar-refractivity contribution in [3.63, 3.8) is 0 Å². The summed E-state index contributed by atoms with van der Waals surface area (Å²) in [6.45, 7) is 8.14. The van der Waals surface area contributed by atoms with Gasteiger partial charge in [-0.15, -0.1) is 0 Å². The molecule has 0 bridgehead atoms. The molecule has 30 heavy (non-hydrogen) atoms. The van der Waals surface area contributed by atoms with Crippen LogP contribution in [0.1, 0.15) is 54.5 Å². The van der Waals surface area contributed by atoms with Crippen molar-refractivity contribution in [3.8, 4) is 0 Å². The van der Waals surface area contributed by atoms with E-state index in [9.17, 15) is 13.2 Å². The molecule has 164 valence electrons. The number of amides is 1. The summed E-state index contributed by atoms with van der Waals surface area (Å²) in [4.78, 5) is 12.6. The minimum absolute atomic E-state index is 0.0562. The Morgan fingerprint density at radius 2 is 1.87 bits per heavy atom. The van der Waals surface area contributed by atoms with Gasteiger partial charge < -0.3 is 5.32 Å². The zero-order valence-electron chi connectivity index (χ0n) is 18.3.